The molecule has 13 heavy (non-hydrogen) atoms. The number of ether oxygens (including phenoxy) is 1. The minimum absolute atomic E-state index is 0.0214. The predicted molar refractivity (Wildman–Crippen MR) is 47.9 cm³/mol. The molecule has 0 atom stereocenters. The molecule has 1 heterocycles. The van der Waals surface area contributed by atoms with Gasteiger partial charge in [-0.1, -0.05) is 0 Å². The van der Waals surface area contributed by atoms with Crippen LogP contribution in [0.1, 0.15) is 5.56 Å². The number of cyclic esters (lactones) is 1. The number of amides is 1. The standard InChI is InChI=1S/C8H5BrFNO2/c9-5-1-2-6-4(7(5)10)3-13-8(12)11-6/h1-2H,3H2,(H,11,12). The molecule has 0 unspecified atom stereocenters. The summed E-state index contributed by atoms with van der Waals surface area (Å²) in [5.41, 5.74) is 0.839. The Morgan fingerprint density at radius 3 is 3.08 bits per heavy atom. The number of nitrogens with one attached hydrogen (secondary N) is 1. The summed E-state index contributed by atoms with van der Waals surface area (Å²) in [5, 5.41) is 2.41. The third-order valence-corrected chi connectivity index (χ3v) is 2.39. The first kappa shape index (κ1) is 8.50. The number of rotatable bonds is 0. The van der Waals surface area contributed by atoms with Gasteiger partial charge in [0.2, 0.25) is 0 Å². The van der Waals surface area contributed by atoms with E-state index < -0.39 is 11.9 Å². The van der Waals surface area contributed by atoms with Crippen LogP contribution in [-0.4, -0.2) is 6.09 Å². The van der Waals surface area contributed by atoms with E-state index in [1.165, 1.54) is 0 Å². The van der Waals surface area contributed by atoms with Gasteiger partial charge in [0, 0.05) is 0 Å². The minimum atomic E-state index is -0.547. The van der Waals surface area contributed by atoms with Gasteiger partial charge in [-0.15, -0.1) is 0 Å². The number of halogens is 2. The van der Waals surface area contributed by atoms with Crippen molar-refractivity contribution in [3.05, 3.63) is 28.0 Å². The normalized spacial score (nSPS) is 14.5. The molecule has 0 spiro atoms. The van der Waals surface area contributed by atoms with Crippen molar-refractivity contribution >= 4 is 27.7 Å². The zero-order chi connectivity index (χ0) is 9.42. The third kappa shape index (κ3) is 1.39. The van der Waals surface area contributed by atoms with Gasteiger partial charge in [-0.2, -0.15) is 0 Å². The molecule has 1 aliphatic rings. The highest BCUT2D eigenvalue weighted by Crippen LogP contribution is 2.28. The zero-order valence-corrected chi connectivity index (χ0v) is 8.02. The van der Waals surface area contributed by atoms with Crippen molar-refractivity contribution in [2.24, 2.45) is 0 Å². The first-order valence-corrected chi connectivity index (χ1v) is 4.38. The molecule has 2 rings (SSSR count). The van der Waals surface area contributed by atoms with Crippen LogP contribution in [-0.2, 0) is 11.3 Å². The molecule has 3 nitrogen and oxygen atoms in total. The monoisotopic (exact) mass is 245 g/mol. The van der Waals surface area contributed by atoms with Crippen LogP contribution in [0, 0.1) is 5.82 Å². The Balaban J connectivity index is 2.53. The predicted octanol–water partition coefficient (Wildman–Crippen LogP) is 2.65. The van der Waals surface area contributed by atoms with Crippen molar-refractivity contribution in [2.45, 2.75) is 6.61 Å². The van der Waals surface area contributed by atoms with Crippen LogP contribution in [0.2, 0.25) is 0 Å². The molecule has 0 aromatic heterocycles. The summed E-state index contributed by atoms with van der Waals surface area (Å²) < 4.78 is 18.3. The van der Waals surface area contributed by atoms with Crippen molar-refractivity contribution in [3.8, 4) is 0 Å². The molecule has 0 saturated heterocycles. The lowest BCUT2D eigenvalue weighted by Gasteiger charge is -2.17. The fourth-order valence-corrected chi connectivity index (χ4v) is 1.51. The van der Waals surface area contributed by atoms with Crippen LogP contribution in [0.25, 0.3) is 0 Å². The maximum atomic E-state index is 13.3. The molecule has 1 aromatic carbocycles. The maximum Gasteiger partial charge on any atom is 0.411 e. The second-order valence-corrected chi connectivity index (χ2v) is 3.44. The second-order valence-electron chi connectivity index (χ2n) is 2.59. The lowest BCUT2D eigenvalue weighted by Crippen LogP contribution is -2.21. The Morgan fingerprint density at radius 2 is 2.31 bits per heavy atom. The molecule has 0 saturated carbocycles. The Kier molecular flexibility index (Phi) is 1.95. The SMILES string of the molecule is O=C1Nc2ccc(Br)c(F)c2CO1. The van der Waals surface area contributed by atoms with E-state index in [-0.39, 0.29) is 6.61 Å². The number of fused-ring (bicyclic) bond motifs is 1. The van der Waals surface area contributed by atoms with E-state index in [0.717, 1.165) is 0 Å². The average molecular weight is 246 g/mol. The van der Waals surface area contributed by atoms with Gasteiger partial charge < -0.3 is 4.74 Å². The maximum absolute atomic E-state index is 13.3. The highest BCUT2D eigenvalue weighted by Gasteiger charge is 2.20. The van der Waals surface area contributed by atoms with Gasteiger partial charge >= 0.3 is 6.09 Å². The quantitative estimate of drug-likeness (QED) is 0.764. The van der Waals surface area contributed by atoms with Crippen molar-refractivity contribution in [3.63, 3.8) is 0 Å². The van der Waals surface area contributed by atoms with Gasteiger partial charge in [0.05, 0.1) is 15.7 Å². The number of benzene rings is 1. The highest BCUT2D eigenvalue weighted by atomic mass is 79.9. The molecule has 0 radical (unpaired) electrons. The number of carbonyl (C=O) groups is 1. The number of hydrogen-bond donors (Lipinski definition) is 1. The Hall–Kier alpha value is -1.10. The molecule has 1 aromatic rings. The summed E-state index contributed by atoms with van der Waals surface area (Å²) >= 11 is 3.05. The molecule has 0 bridgehead atoms. The molecule has 0 aliphatic carbocycles. The summed E-state index contributed by atoms with van der Waals surface area (Å²) in [6, 6.07) is 3.17. The molecular formula is C8H5BrFNO2. The number of hydrogen-bond acceptors (Lipinski definition) is 2. The van der Waals surface area contributed by atoms with Gasteiger partial charge in [-0.05, 0) is 28.1 Å². The Labute approximate surface area is 82.0 Å². The molecule has 1 N–H and O–H groups in total. The van der Waals surface area contributed by atoms with E-state index in [0.29, 0.717) is 15.7 Å². The van der Waals surface area contributed by atoms with Crippen molar-refractivity contribution in [2.75, 3.05) is 5.32 Å². The van der Waals surface area contributed by atoms with Gasteiger partial charge in [-0.25, -0.2) is 9.18 Å². The first-order chi connectivity index (χ1) is 6.18. The fraction of sp³-hybridized carbons (Fsp3) is 0.125. The van der Waals surface area contributed by atoms with Crippen LogP contribution < -0.4 is 5.32 Å². The van der Waals surface area contributed by atoms with E-state index in [1.807, 2.05) is 0 Å². The van der Waals surface area contributed by atoms with Crippen molar-refractivity contribution in [1.29, 1.82) is 0 Å². The third-order valence-electron chi connectivity index (χ3n) is 1.78. The van der Waals surface area contributed by atoms with Gasteiger partial charge in [0.1, 0.15) is 12.4 Å². The lowest BCUT2D eigenvalue weighted by molar-refractivity contribution is 0.149. The summed E-state index contributed by atoms with van der Waals surface area (Å²) in [6.45, 7) is -0.0214. The summed E-state index contributed by atoms with van der Waals surface area (Å²) in [6.07, 6.45) is -0.547. The van der Waals surface area contributed by atoms with E-state index >= 15 is 0 Å². The summed E-state index contributed by atoms with van der Waals surface area (Å²) in [7, 11) is 0. The van der Waals surface area contributed by atoms with Gasteiger partial charge in [-0.3, -0.25) is 5.32 Å². The average Bonchev–Trinajstić information content (AvgIpc) is 2.12. The number of carbonyl (C=O) groups excluding carboxylic acids is 1. The van der Waals surface area contributed by atoms with Crippen molar-refractivity contribution < 1.29 is 13.9 Å². The highest BCUT2D eigenvalue weighted by molar-refractivity contribution is 9.10. The van der Waals surface area contributed by atoms with Gasteiger partial charge in [0.15, 0.2) is 0 Å². The van der Waals surface area contributed by atoms with Crippen LogP contribution in [0.15, 0.2) is 16.6 Å². The van der Waals surface area contributed by atoms with Crippen LogP contribution in [0.3, 0.4) is 0 Å². The minimum Gasteiger partial charge on any atom is -0.444 e. The molecule has 68 valence electrons. The lowest BCUT2D eigenvalue weighted by atomic mass is 10.1. The largest absolute Gasteiger partial charge is 0.444 e. The van der Waals surface area contributed by atoms with Crippen LogP contribution >= 0.6 is 15.9 Å². The first-order valence-electron chi connectivity index (χ1n) is 3.59. The molecular weight excluding hydrogens is 241 g/mol. The van der Waals surface area contributed by atoms with Crippen molar-refractivity contribution in [1.82, 2.24) is 0 Å². The summed E-state index contributed by atoms with van der Waals surface area (Å²) in [4.78, 5) is 10.8. The van der Waals surface area contributed by atoms with Gasteiger partial charge in [0.25, 0.3) is 0 Å². The fourth-order valence-electron chi connectivity index (χ4n) is 1.13. The molecule has 0 fully saturated rings. The van der Waals surface area contributed by atoms with E-state index in [4.69, 9.17) is 0 Å². The Morgan fingerprint density at radius 1 is 1.54 bits per heavy atom. The Bertz CT molecular complexity index is 381. The van der Waals surface area contributed by atoms with E-state index in [2.05, 4.69) is 26.0 Å². The van der Waals surface area contributed by atoms with E-state index in [9.17, 15) is 9.18 Å². The topological polar surface area (TPSA) is 38.3 Å². The molecule has 1 aliphatic heterocycles. The second kappa shape index (κ2) is 2.99. The summed E-state index contributed by atoms with van der Waals surface area (Å²) in [5.74, 6) is -0.391. The van der Waals surface area contributed by atoms with Crippen LogP contribution in [0.4, 0.5) is 14.9 Å². The van der Waals surface area contributed by atoms with Crippen LogP contribution in [0.5, 0.6) is 0 Å². The van der Waals surface area contributed by atoms with E-state index in [1.54, 1.807) is 12.1 Å². The molecule has 1 amide bonds. The molecule has 5 heteroatoms. The smallest absolute Gasteiger partial charge is 0.411 e. The number of anilines is 1. The zero-order valence-electron chi connectivity index (χ0n) is 6.43.